The minimum absolute atomic E-state index is 1.12. The lowest BCUT2D eigenvalue weighted by atomic mass is 9.69. The molecule has 0 heterocycles. The summed E-state index contributed by atoms with van der Waals surface area (Å²) in [6, 6.07) is 0. The van der Waals surface area contributed by atoms with Crippen LogP contribution in [0.15, 0.2) is 0 Å². The fourth-order valence-electron chi connectivity index (χ4n) is 2.96. The molecule has 2 atom stereocenters. The van der Waals surface area contributed by atoms with Gasteiger partial charge in [0.2, 0.25) is 0 Å². The Bertz CT molecular complexity index is 139. The molecular formula is C15H30. The third kappa shape index (κ3) is 5.04. The van der Waals surface area contributed by atoms with Gasteiger partial charge in [-0.3, -0.25) is 0 Å². The van der Waals surface area contributed by atoms with Crippen LogP contribution in [-0.4, -0.2) is 0 Å². The molecule has 0 heteroatoms. The summed E-state index contributed by atoms with van der Waals surface area (Å²) in [4.78, 5) is 0. The van der Waals surface area contributed by atoms with Crippen molar-refractivity contribution in [3.8, 4) is 0 Å². The monoisotopic (exact) mass is 210 g/mol. The summed E-state index contributed by atoms with van der Waals surface area (Å²) in [6.45, 7) is 4.63. The van der Waals surface area contributed by atoms with Crippen LogP contribution in [0.1, 0.15) is 84.5 Å². The lowest BCUT2D eigenvalue weighted by Crippen LogP contribution is -2.25. The normalized spacial score (nSPS) is 25.2. The van der Waals surface area contributed by atoms with E-state index in [1.54, 1.807) is 6.42 Å². The fraction of sp³-hybridized carbons (Fsp3) is 1.00. The van der Waals surface area contributed by atoms with Crippen molar-refractivity contribution in [3.63, 3.8) is 0 Å². The van der Waals surface area contributed by atoms with Gasteiger partial charge in [-0.15, -0.1) is 0 Å². The first-order valence-corrected chi connectivity index (χ1v) is 7.38. The molecule has 0 nitrogen and oxygen atoms in total. The van der Waals surface area contributed by atoms with E-state index < -0.39 is 0 Å². The molecule has 1 rings (SSSR count). The van der Waals surface area contributed by atoms with Crippen molar-refractivity contribution < 1.29 is 0 Å². The molecule has 0 bridgehead atoms. The Morgan fingerprint density at radius 3 is 1.87 bits per heavy atom. The third-order valence-corrected chi connectivity index (χ3v) is 4.16. The largest absolute Gasteiger partial charge is 0.0654 e. The van der Waals surface area contributed by atoms with Crippen LogP contribution in [0.3, 0.4) is 0 Å². The molecule has 0 N–H and O–H groups in total. The van der Waals surface area contributed by atoms with Gasteiger partial charge in [-0.05, 0) is 24.7 Å². The third-order valence-electron chi connectivity index (χ3n) is 4.16. The minimum Gasteiger partial charge on any atom is -0.0654 e. The van der Waals surface area contributed by atoms with Gasteiger partial charge in [0.05, 0.1) is 0 Å². The first kappa shape index (κ1) is 13.1. The standard InChI is InChI=1S/C15H30/c1-3-5-6-7-8-9-11-15-13-12-14(15)10-4-2/h14-15H,3-13H2,1-2H3. The molecule has 1 aliphatic rings. The number of hydrogen-bond acceptors (Lipinski definition) is 0. The Labute approximate surface area is 96.8 Å². The van der Waals surface area contributed by atoms with E-state index >= 15 is 0 Å². The quantitative estimate of drug-likeness (QED) is 0.437. The van der Waals surface area contributed by atoms with Crippen LogP contribution >= 0.6 is 0 Å². The maximum absolute atomic E-state index is 2.33. The summed E-state index contributed by atoms with van der Waals surface area (Å²) in [7, 11) is 0. The van der Waals surface area contributed by atoms with Gasteiger partial charge >= 0.3 is 0 Å². The lowest BCUT2D eigenvalue weighted by Gasteiger charge is -2.36. The second-order valence-corrected chi connectivity index (χ2v) is 5.44. The van der Waals surface area contributed by atoms with Gasteiger partial charge in [-0.25, -0.2) is 0 Å². The van der Waals surface area contributed by atoms with Crippen molar-refractivity contribution in [2.45, 2.75) is 84.5 Å². The molecular weight excluding hydrogens is 180 g/mol. The number of rotatable bonds is 9. The summed E-state index contributed by atoms with van der Waals surface area (Å²) < 4.78 is 0. The van der Waals surface area contributed by atoms with Crippen molar-refractivity contribution in [2.75, 3.05) is 0 Å². The Hall–Kier alpha value is 0. The highest BCUT2D eigenvalue weighted by molar-refractivity contribution is 4.80. The summed E-state index contributed by atoms with van der Waals surface area (Å²) in [5.41, 5.74) is 0. The van der Waals surface area contributed by atoms with E-state index in [-0.39, 0.29) is 0 Å². The zero-order valence-electron chi connectivity index (χ0n) is 10.9. The van der Waals surface area contributed by atoms with Crippen molar-refractivity contribution >= 4 is 0 Å². The van der Waals surface area contributed by atoms with E-state index in [4.69, 9.17) is 0 Å². The Morgan fingerprint density at radius 2 is 1.27 bits per heavy atom. The first-order valence-electron chi connectivity index (χ1n) is 7.38. The molecule has 1 aliphatic carbocycles. The molecule has 0 amide bonds. The van der Waals surface area contributed by atoms with E-state index in [1.165, 1.54) is 64.2 Å². The maximum atomic E-state index is 2.33. The van der Waals surface area contributed by atoms with E-state index in [0.717, 1.165) is 11.8 Å². The molecule has 2 unspecified atom stereocenters. The second-order valence-electron chi connectivity index (χ2n) is 5.44. The molecule has 15 heavy (non-hydrogen) atoms. The van der Waals surface area contributed by atoms with Gasteiger partial charge in [0, 0.05) is 0 Å². The highest BCUT2D eigenvalue weighted by Crippen LogP contribution is 2.40. The molecule has 0 aromatic rings. The average Bonchev–Trinajstić information content (AvgIpc) is 2.23. The zero-order chi connectivity index (χ0) is 10.9. The van der Waals surface area contributed by atoms with E-state index in [2.05, 4.69) is 13.8 Å². The van der Waals surface area contributed by atoms with E-state index in [9.17, 15) is 0 Å². The van der Waals surface area contributed by atoms with Crippen LogP contribution in [0.4, 0.5) is 0 Å². The Balaban J connectivity index is 1.87. The molecule has 0 aliphatic heterocycles. The van der Waals surface area contributed by atoms with Crippen molar-refractivity contribution in [1.29, 1.82) is 0 Å². The highest BCUT2D eigenvalue weighted by Gasteiger charge is 2.28. The highest BCUT2D eigenvalue weighted by atomic mass is 14.3. The smallest absolute Gasteiger partial charge is 0.0386 e. The first-order chi connectivity index (χ1) is 7.38. The van der Waals surface area contributed by atoms with Crippen molar-refractivity contribution in [2.24, 2.45) is 11.8 Å². The van der Waals surface area contributed by atoms with Crippen LogP contribution in [0.25, 0.3) is 0 Å². The molecule has 0 spiro atoms. The molecule has 0 radical (unpaired) electrons. The molecule has 0 saturated heterocycles. The molecule has 0 aromatic carbocycles. The van der Waals surface area contributed by atoms with Gasteiger partial charge in [0.25, 0.3) is 0 Å². The van der Waals surface area contributed by atoms with Gasteiger partial charge in [0.1, 0.15) is 0 Å². The second kappa shape index (κ2) is 8.19. The minimum atomic E-state index is 1.12. The van der Waals surface area contributed by atoms with Gasteiger partial charge in [-0.1, -0.05) is 71.6 Å². The topological polar surface area (TPSA) is 0 Å². The summed E-state index contributed by atoms with van der Waals surface area (Å²) >= 11 is 0. The van der Waals surface area contributed by atoms with Crippen LogP contribution in [0.5, 0.6) is 0 Å². The van der Waals surface area contributed by atoms with E-state index in [0.29, 0.717) is 0 Å². The van der Waals surface area contributed by atoms with Crippen molar-refractivity contribution in [3.05, 3.63) is 0 Å². The predicted molar refractivity (Wildman–Crippen MR) is 69.1 cm³/mol. The Kier molecular flexibility index (Phi) is 7.13. The van der Waals surface area contributed by atoms with Gasteiger partial charge in [0.15, 0.2) is 0 Å². The molecule has 90 valence electrons. The van der Waals surface area contributed by atoms with Gasteiger partial charge in [-0.2, -0.15) is 0 Å². The lowest BCUT2D eigenvalue weighted by molar-refractivity contribution is 0.148. The van der Waals surface area contributed by atoms with Crippen LogP contribution in [-0.2, 0) is 0 Å². The van der Waals surface area contributed by atoms with E-state index in [1.807, 2.05) is 0 Å². The number of unbranched alkanes of at least 4 members (excludes halogenated alkanes) is 5. The zero-order valence-corrected chi connectivity index (χ0v) is 10.9. The summed E-state index contributed by atoms with van der Waals surface area (Å²) in [5, 5.41) is 0. The van der Waals surface area contributed by atoms with Crippen LogP contribution in [0.2, 0.25) is 0 Å². The molecule has 1 saturated carbocycles. The predicted octanol–water partition coefficient (Wildman–Crippen LogP) is 5.56. The average molecular weight is 210 g/mol. The van der Waals surface area contributed by atoms with Crippen LogP contribution in [0, 0.1) is 11.8 Å². The molecule has 0 aromatic heterocycles. The fourth-order valence-corrected chi connectivity index (χ4v) is 2.96. The number of hydrogen-bond donors (Lipinski definition) is 0. The van der Waals surface area contributed by atoms with Gasteiger partial charge < -0.3 is 0 Å². The Morgan fingerprint density at radius 1 is 0.667 bits per heavy atom. The van der Waals surface area contributed by atoms with Crippen molar-refractivity contribution in [1.82, 2.24) is 0 Å². The SMILES string of the molecule is CCCCCCCCC1CCC1CCC. The summed E-state index contributed by atoms with van der Waals surface area (Å²) in [5.74, 6) is 2.24. The van der Waals surface area contributed by atoms with Crippen LogP contribution < -0.4 is 0 Å². The molecule has 1 fully saturated rings. The maximum Gasteiger partial charge on any atom is -0.0386 e. The summed E-state index contributed by atoms with van der Waals surface area (Å²) in [6.07, 6.45) is 16.3.